The molecule has 0 bridgehead atoms. The quantitative estimate of drug-likeness (QED) is 0.313. The number of aryl methyl sites for hydroxylation is 1. The van der Waals surface area contributed by atoms with Crippen molar-refractivity contribution in [3.8, 4) is 11.3 Å². The van der Waals surface area contributed by atoms with Gasteiger partial charge in [-0.15, -0.1) is 0 Å². The summed E-state index contributed by atoms with van der Waals surface area (Å²) in [6.07, 6.45) is 1.36. The van der Waals surface area contributed by atoms with Crippen LogP contribution in [0.3, 0.4) is 0 Å². The standard InChI is InChI=1S/C18H13BrN4O5/c1-11-2-5-14(15(19)8-11)18-7-4-13(28-18)10-20-21-16-6-3-12(22(24)25)9-17(16)23(26)27/h2-10,21H,1H3/b20-10-. The van der Waals surface area contributed by atoms with Crippen molar-refractivity contribution >= 4 is 39.2 Å². The van der Waals surface area contributed by atoms with Crippen LogP contribution < -0.4 is 5.43 Å². The molecule has 0 fully saturated rings. The zero-order valence-corrected chi connectivity index (χ0v) is 16.0. The molecule has 10 heteroatoms. The van der Waals surface area contributed by atoms with Gasteiger partial charge in [0.25, 0.3) is 5.69 Å². The lowest BCUT2D eigenvalue weighted by Crippen LogP contribution is -1.98. The highest BCUT2D eigenvalue weighted by Crippen LogP contribution is 2.31. The predicted molar refractivity (Wildman–Crippen MR) is 108 cm³/mol. The largest absolute Gasteiger partial charge is 0.455 e. The zero-order valence-electron chi connectivity index (χ0n) is 14.5. The molecule has 0 atom stereocenters. The van der Waals surface area contributed by atoms with Gasteiger partial charge in [0.1, 0.15) is 17.2 Å². The van der Waals surface area contributed by atoms with Gasteiger partial charge in [-0.25, -0.2) is 0 Å². The van der Waals surface area contributed by atoms with E-state index in [1.54, 1.807) is 12.1 Å². The van der Waals surface area contributed by atoms with Crippen molar-refractivity contribution in [2.24, 2.45) is 5.10 Å². The fourth-order valence-electron chi connectivity index (χ4n) is 2.43. The number of halogens is 1. The van der Waals surface area contributed by atoms with E-state index in [0.29, 0.717) is 11.5 Å². The molecule has 1 heterocycles. The molecule has 0 spiro atoms. The van der Waals surface area contributed by atoms with Gasteiger partial charge in [0, 0.05) is 16.1 Å². The number of furan rings is 1. The smallest absolute Gasteiger partial charge is 0.301 e. The van der Waals surface area contributed by atoms with Gasteiger partial charge in [-0.2, -0.15) is 5.10 Å². The van der Waals surface area contributed by atoms with Crippen LogP contribution in [-0.4, -0.2) is 16.1 Å². The first-order chi connectivity index (χ1) is 13.3. The lowest BCUT2D eigenvalue weighted by molar-refractivity contribution is -0.393. The SMILES string of the molecule is Cc1ccc(-c2ccc(/C=N\Nc3ccc([N+](=O)[O-])cc3[N+](=O)[O-])o2)c(Br)c1. The van der Waals surface area contributed by atoms with E-state index < -0.39 is 15.5 Å². The number of benzene rings is 2. The number of hydrogen-bond acceptors (Lipinski definition) is 7. The van der Waals surface area contributed by atoms with Crippen LogP contribution in [-0.2, 0) is 0 Å². The molecule has 0 unspecified atom stereocenters. The average Bonchev–Trinajstić information content (AvgIpc) is 3.10. The minimum absolute atomic E-state index is 0.0277. The molecule has 1 N–H and O–H groups in total. The second-order valence-corrected chi connectivity index (χ2v) is 6.63. The molecule has 0 amide bonds. The normalized spacial score (nSPS) is 10.9. The Kier molecular flexibility index (Phi) is 5.50. The third-order valence-corrected chi connectivity index (χ3v) is 4.44. The molecule has 9 nitrogen and oxygen atoms in total. The number of nitrogens with zero attached hydrogens (tertiary/aromatic N) is 3. The molecule has 2 aromatic carbocycles. The van der Waals surface area contributed by atoms with Crippen molar-refractivity contribution in [1.29, 1.82) is 0 Å². The number of nitrogens with one attached hydrogen (secondary N) is 1. The molecule has 142 valence electrons. The number of rotatable bonds is 6. The van der Waals surface area contributed by atoms with E-state index in [0.717, 1.165) is 27.7 Å². The monoisotopic (exact) mass is 444 g/mol. The first-order valence-electron chi connectivity index (χ1n) is 7.93. The summed E-state index contributed by atoms with van der Waals surface area (Å²) in [7, 11) is 0. The topological polar surface area (TPSA) is 124 Å². The van der Waals surface area contributed by atoms with Crippen molar-refractivity contribution in [3.05, 3.63) is 84.6 Å². The third-order valence-electron chi connectivity index (χ3n) is 3.78. The Hall–Kier alpha value is -3.53. The highest BCUT2D eigenvalue weighted by atomic mass is 79.9. The summed E-state index contributed by atoms with van der Waals surface area (Å²) in [5, 5.41) is 25.8. The molecule has 1 aromatic heterocycles. The maximum absolute atomic E-state index is 11.1. The number of nitro groups is 2. The van der Waals surface area contributed by atoms with Gasteiger partial charge < -0.3 is 4.42 Å². The molecule has 0 aliphatic heterocycles. The maximum Gasteiger partial charge on any atom is 0.301 e. The Morgan fingerprint density at radius 1 is 1.07 bits per heavy atom. The third kappa shape index (κ3) is 4.23. The molecule has 0 saturated carbocycles. The zero-order chi connectivity index (χ0) is 20.3. The van der Waals surface area contributed by atoms with Gasteiger partial charge in [-0.1, -0.05) is 22.0 Å². The molecule has 0 radical (unpaired) electrons. The molecule has 0 aliphatic rings. The Morgan fingerprint density at radius 2 is 1.86 bits per heavy atom. The Balaban J connectivity index is 1.78. The summed E-state index contributed by atoms with van der Waals surface area (Å²) in [6, 6.07) is 12.6. The molecule has 28 heavy (non-hydrogen) atoms. The van der Waals surface area contributed by atoms with Crippen molar-refractivity contribution in [2.45, 2.75) is 6.92 Å². The van der Waals surface area contributed by atoms with Crippen LogP contribution in [0.15, 0.2) is 62.5 Å². The molecule has 0 aliphatic carbocycles. The molecule has 3 rings (SSSR count). The molecule has 0 saturated heterocycles. The van der Waals surface area contributed by atoms with E-state index >= 15 is 0 Å². The van der Waals surface area contributed by atoms with E-state index in [1.165, 1.54) is 12.3 Å². The summed E-state index contributed by atoms with van der Waals surface area (Å²) in [5.74, 6) is 1.06. The number of anilines is 1. The summed E-state index contributed by atoms with van der Waals surface area (Å²) in [4.78, 5) is 20.5. The van der Waals surface area contributed by atoms with Crippen LogP contribution in [0.4, 0.5) is 17.1 Å². The van der Waals surface area contributed by atoms with Gasteiger partial charge in [0.05, 0.1) is 22.1 Å². The number of hydrazone groups is 1. The summed E-state index contributed by atoms with van der Waals surface area (Å²) >= 11 is 3.50. The first kappa shape index (κ1) is 19.2. The second kappa shape index (κ2) is 8.01. The van der Waals surface area contributed by atoms with E-state index in [-0.39, 0.29) is 11.4 Å². The number of non-ortho nitro benzene ring substituents is 1. The first-order valence-corrected chi connectivity index (χ1v) is 8.72. The Labute approximate surface area is 167 Å². The summed E-state index contributed by atoms with van der Waals surface area (Å²) in [5.41, 5.74) is 3.71. The minimum Gasteiger partial charge on any atom is -0.455 e. The fraction of sp³-hybridized carbons (Fsp3) is 0.0556. The van der Waals surface area contributed by atoms with Gasteiger partial charge in [0.15, 0.2) is 0 Å². The van der Waals surface area contributed by atoms with Gasteiger partial charge in [0.2, 0.25) is 0 Å². The number of hydrogen-bond donors (Lipinski definition) is 1. The van der Waals surface area contributed by atoms with Crippen LogP contribution in [0.5, 0.6) is 0 Å². The van der Waals surface area contributed by atoms with Crippen molar-refractivity contribution in [1.82, 2.24) is 0 Å². The van der Waals surface area contributed by atoms with Crippen LogP contribution >= 0.6 is 15.9 Å². The highest BCUT2D eigenvalue weighted by Gasteiger charge is 2.19. The maximum atomic E-state index is 11.1. The van der Waals surface area contributed by atoms with Crippen molar-refractivity contribution in [3.63, 3.8) is 0 Å². The number of nitro benzene ring substituents is 2. The van der Waals surface area contributed by atoms with Crippen molar-refractivity contribution < 1.29 is 14.3 Å². The van der Waals surface area contributed by atoms with Gasteiger partial charge >= 0.3 is 5.69 Å². The van der Waals surface area contributed by atoms with Crippen LogP contribution in [0.1, 0.15) is 11.3 Å². The highest BCUT2D eigenvalue weighted by molar-refractivity contribution is 9.10. The van der Waals surface area contributed by atoms with E-state index in [1.807, 2.05) is 25.1 Å². The molecular formula is C18H13BrN4O5. The fourth-order valence-corrected chi connectivity index (χ4v) is 3.12. The van der Waals surface area contributed by atoms with Crippen LogP contribution in [0.25, 0.3) is 11.3 Å². The summed E-state index contributed by atoms with van der Waals surface area (Å²) in [6.45, 7) is 1.98. The summed E-state index contributed by atoms with van der Waals surface area (Å²) < 4.78 is 6.61. The van der Waals surface area contributed by atoms with E-state index in [2.05, 4.69) is 26.5 Å². The van der Waals surface area contributed by atoms with Gasteiger partial charge in [-0.3, -0.25) is 25.7 Å². The minimum atomic E-state index is -0.717. The lowest BCUT2D eigenvalue weighted by Gasteiger charge is -2.02. The predicted octanol–water partition coefficient (Wildman–Crippen LogP) is 5.28. The molecular weight excluding hydrogens is 432 g/mol. The van der Waals surface area contributed by atoms with Crippen molar-refractivity contribution in [2.75, 3.05) is 5.43 Å². The Morgan fingerprint density at radius 3 is 2.54 bits per heavy atom. The Bertz CT molecular complexity index is 1090. The molecule has 3 aromatic rings. The van der Waals surface area contributed by atoms with E-state index in [9.17, 15) is 20.2 Å². The second-order valence-electron chi connectivity index (χ2n) is 5.77. The van der Waals surface area contributed by atoms with Crippen LogP contribution in [0, 0.1) is 27.2 Å². The van der Waals surface area contributed by atoms with E-state index in [4.69, 9.17) is 4.42 Å². The van der Waals surface area contributed by atoms with Crippen LogP contribution in [0.2, 0.25) is 0 Å². The van der Waals surface area contributed by atoms with Gasteiger partial charge in [-0.05, 0) is 42.8 Å². The lowest BCUT2D eigenvalue weighted by atomic mass is 10.1. The average molecular weight is 445 g/mol.